The average molecular weight is 503 g/mol. The molecule has 0 unspecified atom stereocenters. The Hall–Kier alpha value is -4.66. The normalized spacial score (nSPS) is 10.5. The van der Waals surface area contributed by atoms with E-state index < -0.39 is 17.7 Å². The molecule has 0 bridgehead atoms. The first-order valence-corrected chi connectivity index (χ1v) is 12.0. The molecule has 0 radical (unpaired) electrons. The van der Waals surface area contributed by atoms with E-state index in [1.54, 1.807) is 66.7 Å². The topological polar surface area (TPSA) is 118 Å². The molecule has 37 heavy (non-hydrogen) atoms. The molecule has 9 heteroatoms. The molecule has 3 aromatic rings. The van der Waals surface area contributed by atoms with Crippen molar-refractivity contribution in [2.75, 3.05) is 23.8 Å². The summed E-state index contributed by atoms with van der Waals surface area (Å²) >= 11 is 0. The number of carbonyl (C=O) groups is 3. The molecule has 0 saturated carbocycles. The van der Waals surface area contributed by atoms with Crippen molar-refractivity contribution in [2.45, 2.75) is 26.7 Å². The predicted octanol–water partition coefficient (Wildman–Crippen LogP) is 4.61. The molecule has 3 aromatic carbocycles. The third kappa shape index (κ3) is 8.50. The number of rotatable bonds is 11. The first-order valence-electron chi connectivity index (χ1n) is 12.0. The van der Waals surface area contributed by atoms with E-state index in [4.69, 9.17) is 9.47 Å². The Labute approximate surface area is 215 Å². The van der Waals surface area contributed by atoms with E-state index in [9.17, 15) is 14.4 Å². The summed E-state index contributed by atoms with van der Waals surface area (Å²) in [6.07, 6.45) is 3.45. The highest BCUT2D eigenvalue weighted by atomic mass is 16.5. The van der Waals surface area contributed by atoms with Crippen LogP contribution in [0.15, 0.2) is 77.9 Å². The van der Waals surface area contributed by atoms with E-state index in [2.05, 4.69) is 28.1 Å². The van der Waals surface area contributed by atoms with Gasteiger partial charge in [-0.15, -0.1) is 0 Å². The van der Waals surface area contributed by atoms with Gasteiger partial charge in [0.25, 0.3) is 5.91 Å². The van der Waals surface area contributed by atoms with Gasteiger partial charge >= 0.3 is 11.8 Å². The van der Waals surface area contributed by atoms with Crippen LogP contribution in [-0.4, -0.2) is 37.1 Å². The van der Waals surface area contributed by atoms with Crippen molar-refractivity contribution >= 4 is 35.3 Å². The number of anilines is 2. The lowest BCUT2D eigenvalue weighted by molar-refractivity contribution is -0.136. The van der Waals surface area contributed by atoms with Gasteiger partial charge in [0.1, 0.15) is 11.5 Å². The molecular formula is C28H30N4O5. The van der Waals surface area contributed by atoms with Crippen LogP contribution in [0.25, 0.3) is 0 Å². The van der Waals surface area contributed by atoms with Crippen LogP contribution in [0.2, 0.25) is 0 Å². The maximum absolute atomic E-state index is 12.8. The van der Waals surface area contributed by atoms with Crippen LogP contribution in [0, 0.1) is 0 Å². The molecule has 3 N–H and O–H groups in total. The van der Waals surface area contributed by atoms with E-state index in [0.717, 1.165) is 24.2 Å². The van der Waals surface area contributed by atoms with Gasteiger partial charge in [0.2, 0.25) is 0 Å². The lowest BCUT2D eigenvalue weighted by Crippen LogP contribution is -2.33. The van der Waals surface area contributed by atoms with Gasteiger partial charge in [0, 0.05) is 5.69 Å². The summed E-state index contributed by atoms with van der Waals surface area (Å²) in [6.45, 7) is 5.18. The molecule has 0 saturated heterocycles. The van der Waals surface area contributed by atoms with Crippen molar-refractivity contribution in [1.29, 1.82) is 0 Å². The van der Waals surface area contributed by atoms with Crippen molar-refractivity contribution in [3.8, 4) is 11.5 Å². The summed E-state index contributed by atoms with van der Waals surface area (Å²) in [5.74, 6) is -0.939. The summed E-state index contributed by atoms with van der Waals surface area (Å²) in [6, 6.07) is 20.5. The fourth-order valence-electron chi connectivity index (χ4n) is 3.17. The molecule has 0 aliphatic carbocycles. The van der Waals surface area contributed by atoms with E-state index >= 15 is 0 Å². The summed E-state index contributed by atoms with van der Waals surface area (Å²) in [4.78, 5) is 37.4. The van der Waals surface area contributed by atoms with Crippen LogP contribution in [0.4, 0.5) is 11.4 Å². The second-order valence-corrected chi connectivity index (χ2v) is 7.88. The molecule has 0 heterocycles. The molecule has 192 valence electrons. The highest BCUT2D eigenvalue weighted by molar-refractivity contribution is 6.40. The van der Waals surface area contributed by atoms with Crippen molar-refractivity contribution in [1.82, 2.24) is 5.43 Å². The summed E-state index contributed by atoms with van der Waals surface area (Å²) < 4.78 is 11.0. The first kappa shape index (κ1) is 26.9. The number of hydrogen-bond acceptors (Lipinski definition) is 6. The lowest BCUT2D eigenvalue weighted by atomic mass is 10.1. The van der Waals surface area contributed by atoms with Gasteiger partial charge in [-0.1, -0.05) is 25.5 Å². The standard InChI is InChI=1S/C28H30N4O5/c1-3-5-18-37-23-14-10-20(11-15-23)19-29-32-28(35)27(34)31-25-9-7-6-8-24(25)26(33)30-21-12-16-22(17-13-21)36-4-2/h6-17,19H,3-5,18H2,1-2H3,(H,30,33)(H,31,34)(H,32,35)/b29-19-. The van der Waals surface area contributed by atoms with Gasteiger partial charge in [-0.25, -0.2) is 5.43 Å². The van der Waals surface area contributed by atoms with E-state index in [0.29, 0.717) is 24.7 Å². The Balaban J connectivity index is 1.55. The maximum Gasteiger partial charge on any atom is 0.329 e. The minimum atomic E-state index is -0.975. The number of para-hydroxylation sites is 1. The molecule has 3 rings (SSSR count). The van der Waals surface area contributed by atoms with Crippen LogP contribution in [-0.2, 0) is 9.59 Å². The third-order valence-electron chi connectivity index (χ3n) is 5.08. The fourth-order valence-corrected chi connectivity index (χ4v) is 3.17. The summed E-state index contributed by atoms with van der Waals surface area (Å²) in [5, 5.41) is 9.05. The number of hydrogen-bond donors (Lipinski definition) is 3. The number of nitrogens with one attached hydrogen (secondary N) is 3. The number of hydrazone groups is 1. The Kier molecular flexibility index (Phi) is 10.2. The fraction of sp³-hybridized carbons (Fsp3) is 0.214. The van der Waals surface area contributed by atoms with E-state index in [-0.39, 0.29) is 11.3 Å². The largest absolute Gasteiger partial charge is 0.494 e. The SMILES string of the molecule is CCCCOc1ccc(/C=N\NC(=O)C(=O)Nc2ccccc2C(=O)Nc2ccc(OCC)cc2)cc1. The molecule has 0 fully saturated rings. The lowest BCUT2D eigenvalue weighted by Gasteiger charge is -2.11. The number of amides is 3. The number of benzene rings is 3. The Morgan fingerprint density at radius 2 is 1.49 bits per heavy atom. The molecule has 0 spiro atoms. The van der Waals surface area contributed by atoms with Crippen LogP contribution in [0.3, 0.4) is 0 Å². The average Bonchev–Trinajstić information content (AvgIpc) is 2.91. The van der Waals surface area contributed by atoms with Crippen LogP contribution >= 0.6 is 0 Å². The minimum Gasteiger partial charge on any atom is -0.494 e. The molecule has 3 amide bonds. The van der Waals surface area contributed by atoms with E-state index in [1.165, 1.54) is 12.3 Å². The second-order valence-electron chi connectivity index (χ2n) is 7.88. The molecule has 0 aromatic heterocycles. The zero-order valence-corrected chi connectivity index (χ0v) is 20.8. The number of nitrogens with zero attached hydrogens (tertiary/aromatic N) is 1. The second kappa shape index (κ2) is 14.0. The Morgan fingerprint density at radius 3 is 2.19 bits per heavy atom. The van der Waals surface area contributed by atoms with Gasteiger partial charge in [-0.2, -0.15) is 5.10 Å². The zero-order valence-electron chi connectivity index (χ0n) is 20.8. The molecular weight excluding hydrogens is 472 g/mol. The van der Waals surface area contributed by atoms with Crippen LogP contribution in [0.1, 0.15) is 42.6 Å². The van der Waals surface area contributed by atoms with Gasteiger partial charge in [-0.3, -0.25) is 14.4 Å². The van der Waals surface area contributed by atoms with Gasteiger partial charge in [-0.05, 0) is 79.6 Å². The molecule has 0 atom stereocenters. The first-order chi connectivity index (χ1) is 18.0. The summed E-state index contributed by atoms with van der Waals surface area (Å²) in [5.41, 5.74) is 3.85. The van der Waals surface area contributed by atoms with Crippen LogP contribution in [0.5, 0.6) is 11.5 Å². The summed E-state index contributed by atoms with van der Waals surface area (Å²) in [7, 11) is 0. The van der Waals surface area contributed by atoms with E-state index in [1.807, 2.05) is 6.92 Å². The highest BCUT2D eigenvalue weighted by Gasteiger charge is 2.17. The van der Waals surface area contributed by atoms with Crippen LogP contribution < -0.4 is 25.5 Å². The number of unbranched alkanes of at least 4 members (excludes halogenated alkanes) is 1. The number of carbonyl (C=O) groups excluding carboxylic acids is 3. The van der Waals surface area contributed by atoms with Gasteiger partial charge in [0.05, 0.1) is 30.7 Å². The Morgan fingerprint density at radius 1 is 0.811 bits per heavy atom. The minimum absolute atomic E-state index is 0.189. The van der Waals surface area contributed by atoms with Crippen molar-refractivity contribution in [2.24, 2.45) is 5.10 Å². The monoisotopic (exact) mass is 502 g/mol. The smallest absolute Gasteiger partial charge is 0.329 e. The molecule has 9 nitrogen and oxygen atoms in total. The maximum atomic E-state index is 12.8. The Bertz CT molecular complexity index is 1220. The predicted molar refractivity (Wildman–Crippen MR) is 143 cm³/mol. The third-order valence-corrected chi connectivity index (χ3v) is 5.08. The number of ether oxygens (including phenoxy) is 2. The van der Waals surface area contributed by atoms with Crippen molar-refractivity contribution in [3.63, 3.8) is 0 Å². The van der Waals surface area contributed by atoms with Gasteiger partial charge in [0.15, 0.2) is 0 Å². The van der Waals surface area contributed by atoms with Crippen molar-refractivity contribution < 1.29 is 23.9 Å². The molecule has 0 aliphatic rings. The quantitative estimate of drug-likeness (QED) is 0.153. The van der Waals surface area contributed by atoms with Gasteiger partial charge < -0.3 is 20.1 Å². The highest BCUT2D eigenvalue weighted by Crippen LogP contribution is 2.20. The zero-order chi connectivity index (χ0) is 26.5. The molecule has 0 aliphatic heterocycles. The van der Waals surface area contributed by atoms with Crippen molar-refractivity contribution in [3.05, 3.63) is 83.9 Å².